The quantitative estimate of drug-likeness (QED) is 0.862. The minimum Gasteiger partial charge on any atom is -0.507 e. The highest BCUT2D eigenvalue weighted by Crippen LogP contribution is 2.21. The number of carbonyl (C=O) groups excluding carboxylic acids is 1. The Bertz CT molecular complexity index is 630. The monoisotopic (exact) mass is 268 g/mol. The van der Waals surface area contributed by atoms with Gasteiger partial charge in [0.05, 0.1) is 5.56 Å². The fourth-order valence-corrected chi connectivity index (χ4v) is 2.16. The van der Waals surface area contributed by atoms with Crippen LogP contribution in [0.5, 0.6) is 5.75 Å². The van der Waals surface area contributed by atoms with Crippen LogP contribution in [0.25, 0.3) is 0 Å². The molecule has 0 spiro atoms. The van der Waals surface area contributed by atoms with Crippen molar-refractivity contribution in [1.29, 1.82) is 0 Å². The van der Waals surface area contributed by atoms with Gasteiger partial charge in [-0.3, -0.25) is 4.79 Å². The number of benzene rings is 1. The van der Waals surface area contributed by atoms with Crippen LogP contribution in [0.2, 0.25) is 5.02 Å². The minimum absolute atomic E-state index is 0.103. The minimum atomic E-state index is -0.511. The molecule has 88 valence electrons. The van der Waals surface area contributed by atoms with Crippen molar-refractivity contribution in [3.05, 3.63) is 45.2 Å². The van der Waals surface area contributed by atoms with Gasteiger partial charge in [-0.15, -0.1) is 11.3 Å². The zero-order chi connectivity index (χ0) is 12.4. The Kier molecular flexibility index (Phi) is 3.31. The van der Waals surface area contributed by atoms with E-state index in [4.69, 9.17) is 11.6 Å². The van der Waals surface area contributed by atoms with E-state index in [2.05, 4.69) is 4.99 Å². The molecule has 4 nitrogen and oxygen atoms in total. The van der Waals surface area contributed by atoms with Gasteiger partial charge in [0.1, 0.15) is 5.75 Å². The first kappa shape index (κ1) is 11.9. The van der Waals surface area contributed by atoms with Crippen LogP contribution in [-0.2, 0) is 7.05 Å². The Balaban J connectivity index is 2.46. The fourth-order valence-electron chi connectivity index (χ4n) is 1.26. The molecule has 0 bridgehead atoms. The number of phenols is 1. The summed E-state index contributed by atoms with van der Waals surface area (Å²) in [6.07, 6.45) is 1.80. The summed E-state index contributed by atoms with van der Waals surface area (Å²) in [7, 11) is 1.79. The van der Waals surface area contributed by atoms with Crippen LogP contribution in [-0.4, -0.2) is 15.6 Å². The molecule has 0 saturated carbocycles. The first-order valence-corrected chi connectivity index (χ1v) is 6.01. The largest absolute Gasteiger partial charge is 0.507 e. The summed E-state index contributed by atoms with van der Waals surface area (Å²) >= 11 is 7.11. The van der Waals surface area contributed by atoms with Crippen molar-refractivity contribution in [1.82, 2.24) is 4.57 Å². The summed E-state index contributed by atoms with van der Waals surface area (Å²) in [6.45, 7) is 0. The van der Waals surface area contributed by atoms with E-state index in [0.717, 1.165) is 0 Å². The lowest BCUT2D eigenvalue weighted by Crippen LogP contribution is -2.12. The van der Waals surface area contributed by atoms with Gasteiger partial charge in [0.25, 0.3) is 5.91 Å². The molecule has 1 aromatic carbocycles. The van der Waals surface area contributed by atoms with Crippen LogP contribution >= 0.6 is 22.9 Å². The average molecular weight is 269 g/mol. The van der Waals surface area contributed by atoms with Crippen LogP contribution in [0.3, 0.4) is 0 Å². The molecule has 0 saturated heterocycles. The van der Waals surface area contributed by atoms with Crippen molar-refractivity contribution in [3.63, 3.8) is 0 Å². The lowest BCUT2D eigenvalue weighted by Gasteiger charge is -2.00. The summed E-state index contributed by atoms with van der Waals surface area (Å²) in [5, 5.41) is 11.8. The Labute approximate surface area is 106 Å². The van der Waals surface area contributed by atoms with E-state index in [1.807, 2.05) is 5.38 Å². The normalized spacial score (nSPS) is 11.8. The second-order valence-corrected chi connectivity index (χ2v) is 4.68. The number of carbonyl (C=O) groups is 1. The first-order valence-electron chi connectivity index (χ1n) is 4.75. The maximum atomic E-state index is 11.8. The van der Waals surface area contributed by atoms with E-state index in [-0.39, 0.29) is 11.3 Å². The Hall–Kier alpha value is -1.59. The highest BCUT2D eigenvalue weighted by atomic mass is 35.5. The third-order valence-corrected chi connectivity index (χ3v) is 3.23. The molecule has 0 aliphatic carbocycles. The molecule has 1 heterocycles. The molecule has 17 heavy (non-hydrogen) atoms. The van der Waals surface area contributed by atoms with Gasteiger partial charge in [0, 0.05) is 23.6 Å². The maximum absolute atomic E-state index is 11.8. The van der Waals surface area contributed by atoms with Crippen LogP contribution in [0, 0.1) is 0 Å². The number of aryl methyl sites for hydroxylation is 1. The van der Waals surface area contributed by atoms with E-state index in [1.165, 1.54) is 29.5 Å². The average Bonchev–Trinajstić information content (AvgIpc) is 2.68. The molecule has 0 aliphatic rings. The zero-order valence-corrected chi connectivity index (χ0v) is 10.5. The van der Waals surface area contributed by atoms with Gasteiger partial charge < -0.3 is 9.67 Å². The number of hydrogen-bond acceptors (Lipinski definition) is 3. The number of rotatable bonds is 1. The summed E-state index contributed by atoms with van der Waals surface area (Å²) in [6, 6.07) is 4.29. The van der Waals surface area contributed by atoms with Crippen molar-refractivity contribution >= 4 is 28.8 Å². The molecule has 1 amide bonds. The van der Waals surface area contributed by atoms with Crippen LogP contribution < -0.4 is 4.80 Å². The van der Waals surface area contributed by atoms with Crippen LogP contribution in [0.15, 0.2) is 34.8 Å². The molecule has 0 atom stereocenters. The van der Waals surface area contributed by atoms with E-state index in [0.29, 0.717) is 9.82 Å². The van der Waals surface area contributed by atoms with Crippen molar-refractivity contribution in [2.75, 3.05) is 0 Å². The highest BCUT2D eigenvalue weighted by Gasteiger charge is 2.10. The van der Waals surface area contributed by atoms with Gasteiger partial charge in [-0.2, -0.15) is 4.99 Å². The van der Waals surface area contributed by atoms with Crippen LogP contribution in [0.4, 0.5) is 0 Å². The number of phenolic OH excluding ortho intramolecular Hbond substituents is 1. The Morgan fingerprint density at radius 1 is 1.53 bits per heavy atom. The molecular formula is C11H9ClN2O2S. The Morgan fingerprint density at radius 2 is 2.29 bits per heavy atom. The standard InChI is InChI=1S/C11H9ClN2O2S/c1-14-4-5-17-11(14)13-10(16)8-6-7(12)2-3-9(8)15/h2-6,15H,1H3. The molecule has 6 heteroatoms. The molecule has 0 unspecified atom stereocenters. The summed E-state index contributed by atoms with van der Waals surface area (Å²) in [5.41, 5.74) is 0.103. The number of nitrogens with zero attached hydrogens (tertiary/aromatic N) is 2. The van der Waals surface area contributed by atoms with E-state index in [9.17, 15) is 9.90 Å². The topological polar surface area (TPSA) is 54.6 Å². The molecule has 0 fully saturated rings. The predicted octanol–water partition coefficient (Wildman–Crippen LogP) is 2.19. The number of amides is 1. The van der Waals surface area contributed by atoms with Gasteiger partial charge in [-0.05, 0) is 18.2 Å². The molecular weight excluding hydrogens is 260 g/mol. The van der Waals surface area contributed by atoms with Crippen molar-refractivity contribution in [3.8, 4) is 5.75 Å². The lowest BCUT2D eigenvalue weighted by molar-refractivity contribution is 0.0995. The molecule has 1 aromatic heterocycles. The maximum Gasteiger partial charge on any atom is 0.283 e. The second kappa shape index (κ2) is 4.73. The van der Waals surface area contributed by atoms with E-state index >= 15 is 0 Å². The predicted molar refractivity (Wildman–Crippen MR) is 66.3 cm³/mol. The van der Waals surface area contributed by atoms with E-state index in [1.54, 1.807) is 17.8 Å². The fraction of sp³-hybridized carbons (Fsp3) is 0.0909. The molecule has 2 aromatic rings. The van der Waals surface area contributed by atoms with Crippen molar-refractivity contribution < 1.29 is 9.90 Å². The van der Waals surface area contributed by atoms with Gasteiger partial charge in [-0.1, -0.05) is 11.6 Å². The molecule has 1 N–H and O–H groups in total. The summed E-state index contributed by atoms with van der Waals surface area (Å²) in [4.78, 5) is 16.3. The molecule has 0 aliphatic heterocycles. The second-order valence-electron chi connectivity index (χ2n) is 3.37. The summed E-state index contributed by atoms with van der Waals surface area (Å²) < 4.78 is 1.73. The van der Waals surface area contributed by atoms with Crippen LogP contribution in [0.1, 0.15) is 10.4 Å². The number of aromatic hydroxyl groups is 1. The number of hydrogen-bond donors (Lipinski definition) is 1. The SMILES string of the molecule is Cn1ccsc1=NC(=O)c1cc(Cl)ccc1O. The van der Waals surface area contributed by atoms with Gasteiger partial charge in [0.2, 0.25) is 0 Å². The van der Waals surface area contributed by atoms with Gasteiger partial charge in [-0.25, -0.2) is 0 Å². The first-order chi connectivity index (χ1) is 8.08. The smallest absolute Gasteiger partial charge is 0.283 e. The molecule has 0 radical (unpaired) electrons. The van der Waals surface area contributed by atoms with E-state index < -0.39 is 5.91 Å². The number of thiazole rings is 1. The molecule has 2 rings (SSSR count). The number of aromatic nitrogens is 1. The third kappa shape index (κ3) is 2.57. The highest BCUT2D eigenvalue weighted by molar-refractivity contribution is 7.07. The zero-order valence-electron chi connectivity index (χ0n) is 8.92. The van der Waals surface area contributed by atoms with Crippen molar-refractivity contribution in [2.45, 2.75) is 0 Å². The number of halogens is 1. The van der Waals surface area contributed by atoms with Gasteiger partial charge in [0.15, 0.2) is 4.80 Å². The third-order valence-electron chi connectivity index (χ3n) is 2.15. The Morgan fingerprint density at radius 3 is 2.94 bits per heavy atom. The lowest BCUT2D eigenvalue weighted by atomic mass is 10.2. The van der Waals surface area contributed by atoms with Gasteiger partial charge >= 0.3 is 0 Å². The van der Waals surface area contributed by atoms with Crippen molar-refractivity contribution in [2.24, 2.45) is 12.0 Å². The summed E-state index contributed by atoms with van der Waals surface area (Å²) in [5.74, 6) is -0.634.